The molecule has 0 saturated carbocycles. The maximum absolute atomic E-state index is 10.4. The first kappa shape index (κ1) is 8.43. The van der Waals surface area contributed by atoms with Crippen molar-refractivity contribution in [2.24, 2.45) is 0 Å². The molecule has 14 heavy (non-hydrogen) atoms. The van der Waals surface area contributed by atoms with Crippen LogP contribution in [0.3, 0.4) is 0 Å². The minimum Gasteiger partial charge on any atom is -0.465 e. The minimum atomic E-state index is -1.08. The number of hydrogen-bond acceptors (Lipinski definition) is 3. The van der Waals surface area contributed by atoms with Crippen LogP contribution in [0.5, 0.6) is 0 Å². The van der Waals surface area contributed by atoms with E-state index in [1.165, 1.54) is 6.33 Å². The Hall–Kier alpha value is -2.17. The molecule has 0 aliphatic rings. The topological polar surface area (TPSA) is 75.1 Å². The molecule has 2 aromatic rings. The van der Waals surface area contributed by atoms with Gasteiger partial charge in [0.1, 0.15) is 6.33 Å². The van der Waals surface area contributed by atoms with Crippen LogP contribution in [-0.4, -0.2) is 21.2 Å². The van der Waals surface area contributed by atoms with Crippen LogP contribution in [0.15, 0.2) is 30.7 Å². The zero-order valence-corrected chi connectivity index (χ0v) is 7.14. The summed E-state index contributed by atoms with van der Waals surface area (Å²) in [6, 6.07) is 5.09. The zero-order valence-electron chi connectivity index (χ0n) is 7.14. The second kappa shape index (κ2) is 3.29. The number of carboxylic acid groups (broad SMARTS) is 1. The smallest absolute Gasteiger partial charge is 0.409 e. The third-order valence-corrected chi connectivity index (χ3v) is 1.76. The summed E-state index contributed by atoms with van der Waals surface area (Å²) < 4.78 is 0. The fraction of sp³-hybridized carbons (Fsp3) is 0. The molecular weight excluding hydrogens is 182 g/mol. The summed E-state index contributed by atoms with van der Waals surface area (Å²) in [7, 11) is 0. The zero-order chi connectivity index (χ0) is 9.97. The predicted molar refractivity (Wildman–Crippen MR) is 51.2 cm³/mol. The summed E-state index contributed by atoms with van der Waals surface area (Å²) in [6.07, 6.45) is 2.01. The van der Waals surface area contributed by atoms with E-state index in [-0.39, 0.29) is 0 Å². The SMILES string of the molecule is O=C(O)Nc1ccc2cncnc2c1. The van der Waals surface area contributed by atoms with E-state index in [1.54, 1.807) is 24.4 Å². The highest BCUT2D eigenvalue weighted by atomic mass is 16.4. The van der Waals surface area contributed by atoms with Gasteiger partial charge in [-0.3, -0.25) is 5.32 Å². The first-order valence-corrected chi connectivity index (χ1v) is 3.95. The van der Waals surface area contributed by atoms with Gasteiger partial charge in [0.25, 0.3) is 0 Å². The Morgan fingerprint density at radius 1 is 1.43 bits per heavy atom. The van der Waals surface area contributed by atoms with Gasteiger partial charge in [0, 0.05) is 17.3 Å². The number of aromatic nitrogens is 2. The lowest BCUT2D eigenvalue weighted by atomic mass is 10.2. The number of carbonyl (C=O) groups is 1. The molecule has 1 heterocycles. The van der Waals surface area contributed by atoms with Crippen molar-refractivity contribution in [3.63, 3.8) is 0 Å². The molecule has 0 spiro atoms. The highest BCUT2D eigenvalue weighted by Crippen LogP contribution is 2.15. The van der Waals surface area contributed by atoms with Gasteiger partial charge < -0.3 is 5.11 Å². The van der Waals surface area contributed by atoms with E-state index in [0.717, 1.165) is 5.39 Å². The first-order chi connectivity index (χ1) is 6.75. The Bertz CT molecular complexity index is 484. The van der Waals surface area contributed by atoms with E-state index in [1.807, 2.05) is 0 Å². The Labute approximate surface area is 79.4 Å². The summed E-state index contributed by atoms with van der Waals surface area (Å²) in [5.41, 5.74) is 1.22. The number of nitrogens with one attached hydrogen (secondary N) is 1. The Balaban J connectivity index is 2.46. The molecule has 0 radical (unpaired) electrons. The van der Waals surface area contributed by atoms with Gasteiger partial charge in [-0.15, -0.1) is 0 Å². The highest BCUT2D eigenvalue weighted by Gasteiger charge is 1.99. The molecule has 1 aromatic heterocycles. The van der Waals surface area contributed by atoms with Gasteiger partial charge >= 0.3 is 6.09 Å². The molecule has 2 rings (SSSR count). The van der Waals surface area contributed by atoms with Crippen LogP contribution < -0.4 is 5.32 Å². The van der Waals surface area contributed by atoms with Crippen LogP contribution in [0.1, 0.15) is 0 Å². The second-order valence-electron chi connectivity index (χ2n) is 2.73. The maximum atomic E-state index is 10.4. The van der Waals surface area contributed by atoms with Crippen molar-refractivity contribution in [3.8, 4) is 0 Å². The summed E-state index contributed by atoms with van der Waals surface area (Å²) in [6.45, 7) is 0. The molecule has 5 heteroatoms. The van der Waals surface area contributed by atoms with Crippen molar-refractivity contribution in [3.05, 3.63) is 30.7 Å². The lowest BCUT2D eigenvalue weighted by molar-refractivity contribution is 0.210. The number of amides is 1. The van der Waals surface area contributed by atoms with Crippen molar-refractivity contribution >= 4 is 22.7 Å². The Kier molecular flexibility index (Phi) is 1.98. The molecule has 0 saturated heterocycles. The fourth-order valence-corrected chi connectivity index (χ4v) is 1.18. The van der Waals surface area contributed by atoms with Crippen molar-refractivity contribution in [2.75, 3.05) is 5.32 Å². The highest BCUT2D eigenvalue weighted by molar-refractivity contribution is 5.88. The minimum absolute atomic E-state index is 0.503. The monoisotopic (exact) mass is 189 g/mol. The number of hydrogen-bond donors (Lipinski definition) is 2. The van der Waals surface area contributed by atoms with E-state index >= 15 is 0 Å². The van der Waals surface area contributed by atoms with Gasteiger partial charge in [0.05, 0.1) is 5.52 Å². The molecule has 0 aliphatic heterocycles. The van der Waals surface area contributed by atoms with Crippen LogP contribution in [-0.2, 0) is 0 Å². The van der Waals surface area contributed by atoms with Gasteiger partial charge in [-0.25, -0.2) is 14.8 Å². The third kappa shape index (κ3) is 1.61. The van der Waals surface area contributed by atoms with E-state index < -0.39 is 6.09 Å². The van der Waals surface area contributed by atoms with Crippen LogP contribution in [0.25, 0.3) is 10.9 Å². The molecule has 1 aromatic carbocycles. The number of benzene rings is 1. The van der Waals surface area contributed by atoms with Gasteiger partial charge in [-0.05, 0) is 18.2 Å². The van der Waals surface area contributed by atoms with Crippen molar-refractivity contribution in [1.82, 2.24) is 9.97 Å². The second-order valence-corrected chi connectivity index (χ2v) is 2.73. The summed E-state index contributed by atoms with van der Waals surface area (Å²) >= 11 is 0. The molecule has 0 atom stereocenters. The van der Waals surface area contributed by atoms with Gasteiger partial charge in [0.15, 0.2) is 0 Å². The molecule has 70 valence electrons. The van der Waals surface area contributed by atoms with Crippen LogP contribution >= 0.6 is 0 Å². The third-order valence-electron chi connectivity index (χ3n) is 1.76. The number of rotatable bonds is 1. The average Bonchev–Trinajstić information content (AvgIpc) is 2.17. The van der Waals surface area contributed by atoms with Crippen molar-refractivity contribution in [1.29, 1.82) is 0 Å². The average molecular weight is 189 g/mol. The van der Waals surface area contributed by atoms with E-state index in [0.29, 0.717) is 11.2 Å². The van der Waals surface area contributed by atoms with E-state index in [4.69, 9.17) is 5.11 Å². The molecule has 0 bridgehead atoms. The Morgan fingerprint density at radius 3 is 3.07 bits per heavy atom. The molecule has 1 amide bonds. The van der Waals surface area contributed by atoms with E-state index in [2.05, 4.69) is 15.3 Å². The number of nitrogens with zero attached hydrogens (tertiary/aromatic N) is 2. The molecule has 0 unspecified atom stereocenters. The molecular formula is C9H7N3O2. The fourth-order valence-electron chi connectivity index (χ4n) is 1.18. The Morgan fingerprint density at radius 2 is 2.29 bits per heavy atom. The van der Waals surface area contributed by atoms with Crippen molar-refractivity contribution < 1.29 is 9.90 Å². The lowest BCUT2D eigenvalue weighted by Gasteiger charge is -2.01. The van der Waals surface area contributed by atoms with Gasteiger partial charge in [0.2, 0.25) is 0 Å². The lowest BCUT2D eigenvalue weighted by Crippen LogP contribution is -2.06. The number of anilines is 1. The first-order valence-electron chi connectivity index (χ1n) is 3.95. The molecule has 5 nitrogen and oxygen atoms in total. The van der Waals surface area contributed by atoms with E-state index in [9.17, 15) is 4.79 Å². The molecule has 2 N–H and O–H groups in total. The summed E-state index contributed by atoms with van der Waals surface area (Å²) in [5.74, 6) is 0. The maximum Gasteiger partial charge on any atom is 0.409 e. The van der Waals surface area contributed by atoms with Crippen LogP contribution in [0, 0.1) is 0 Å². The van der Waals surface area contributed by atoms with Gasteiger partial charge in [-0.1, -0.05) is 0 Å². The number of fused-ring (bicyclic) bond motifs is 1. The quantitative estimate of drug-likeness (QED) is 0.716. The predicted octanol–water partition coefficient (Wildman–Crippen LogP) is 1.72. The standard InChI is InChI=1S/C9H7N3O2/c13-9(14)12-7-2-1-6-4-10-5-11-8(6)3-7/h1-5,12H,(H,13,14). The van der Waals surface area contributed by atoms with Crippen molar-refractivity contribution in [2.45, 2.75) is 0 Å². The van der Waals surface area contributed by atoms with Crippen LogP contribution in [0.4, 0.5) is 10.5 Å². The molecule has 0 aliphatic carbocycles. The van der Waals surface area contributed by atoms with Crippen LogP contribution in [0.2, 0.25) is 0 Å². The summed E-state index contributed by atoms with van der Waals surface area (Å²) in [4.78, 5) is 18.2. The normalized spacial score (nSPS) is 10.0. The largest absolute Gasteiger partial charge is 0.465 e. The van der Waals surface area contributed by atoms with Gasteiger partial charge in [-0.2, -0.15) is 0 Å². The summed E-state index contributed by atoms with van der Waals surface area (Å²) in [5, 5.41) is 11.6. The molecule has 0 fully saturated rings.